The molecule has 4 heteroatoms. The van der Waals surface area contributed by atoms with Crippen molar-refractivity contribution in [1.82, 2.24) is 0 Å². The van der Waals surface area contributed by atoms with Crippen molar-refractivity contribution in [3.8, 4) is 5.75 Å². The monoisotopic (exact) mass is 360 g/mol. The lowest BCUT2D eigenvalue weighted by Gasteiger charge is -2.37. The predicted molar refractivity (Wildman–Crippen MR) is 87.6 cm³/mol. The first-order valence-electron chi connectivity index (χ1n) is 7.24. The van der Waals surface area contributed by atoms with E-state index in [4.69, 9.17) is 9.47 Å². The Labute approximate surface area is 138 Å². The van der Waals surface area contributed by atoms with Crippen LogP contribution in [0.15, 0.2) is 53.0 Å². The van der Waals surface area contributed by atoms with Gasteiger partial charge in [-0.25, -0.2) is 0 Å². The summed E-state index contributed by atoms with van der Waals surface area (Å²) in [7, 11) is 0. The van der Waals surface area contributed by atoms with Crippen LogP contribution >= 0.6 is 15.9 Å². The largest absolute Gasteiger partial charge is 0.485 e. The second kappa shape index (κ2) is 6.13. The van der Waals surface area contributed by atoms with Crippen molar-refractivity contribution in [2.45, 2.75) is 26.1 Å². The fourth-order valence-electron chi connectivity index (χ4n) is 2.90. The summed E-state index contributed by atoms with van der Waals surface area (Å²) in [6.45, 7) is 3.49. The van der Waals surface area contributed by atoms with E-state index in [-0.39, 0.29) is 24.1 Å². The second-order valence-electron chi connectivity index (χ2n) is 5.52. The Morgan fingerprint density at radius 3 is 2.59 bits per heavy atom. The van der Waals surface area contributed by atoms with Gasteiger partial charge in [-0.15, -0.1) is 0 Å². The molecule has 0 aromatic heterocycles. The van der Waals surface area contributed by atoms with Crippen molar-refractivity contribution < 1.29 is 14.3 Å². The molecule has 0 aliphatic carbocycles. The van der Waals surface area contributed by atoms with Crippen molar-refractivity contribution in [2.75, 3.05) is 0 Å². The van der Waals surface area contributed by atoms with Gasteiger partial charge in [0, 0.05) is 22.9 Å². The maximum atomic E-state index is 11.5. The van der Waals surface area contributed by atoms with Crippen LogP contribution in [0.2, 0.25) is 0 Å². The zero-order chi connectivity index (χ0) is 15.7. The summed E-state index contributed by atoms with van der Waals surface area (Å²) in [5.41, 5.74) is 1.99. The molecule has 3 nitrogen and oxygen atoms in total. The summed E-state index contributed by atoms with van der Waals surface area (Å²) in [4.78, 5) is 11.5. The molecule has 3 rings (SSSR count). The molecule has 0 saturated carbocycles. The minimum absolute atomic E-state index is 0.0214. The summed E-state index contributed by atoms with van der Waals surface area (Å²) in [6.07, 6.45) is -0.455. The zero-order valence-electron chi connectivity index (χ0n) is 12.5. The molecule has 0 N–H and O–H groups in total. The number of fused-ring (bicyclic) bond motifs is 1. The third-order valence-corrected chi connectivity index (χ3v) is 4.40. The average molecular weight is 361 g/mol. The Balaban J connectivity index is 2.04. The Morgan fingerprint density at radius 2 is 1.91 bits per heavy atom. The van der Waals surface area contributed by atoms with Gasteiger partial charge in [0.2, 0.25) is 0 Å². The van der Waals surface area contributed by atoms with Crippen LogP contribution < -0.4 is 4.74 Å². The molecule has 0 bridgehead atoms. The summed E-state index contributed by atoms with van der Waals surface area (Å²) >= 11 is 3.47. The van der Waals surface area contributed by atoms with E-state index < -0.39 is 0 Å². The smallest absolute Gasteiger partial charge is 0.303 e. The van der Waals surface area contributed by atoms with E-state index in [1.54, 1.807) is 0 Å². The topological polar surface area (TPSA) is 35.5 Å². The third kappa shape index (κ3) is 2.88. The molecule has 0 radical (unpaired) electrons. The van der Waals surface area contributed by atoms with Crippen molar-refractivity contribution >= 4 is 21.9 Å². The van der Waals surface area contributed by atoms with Crippen LogP contribution in [0.3, 0.4) is 0 Å². The molecule has 0 fully saturated rings. The number of esters is 1. The molecule has 22 heavy (non-hydrogen) atoms. The van der Waals surface area contributed by atoms with Gasteiger partial charge in [0.1, 0.15) is 18.0 Å². The normalized spacial score (nSPS) is 23.3. The van der Waals surface area contributed by atoms with E-state index in [1.807, 2.05) is 48.5 Å². The van der Waals surface area contributed by atoms with Crippen LogP contribution in [-0.2, 0) is 9.53 Å². The number of hydrogen-bond acceptors (Lipinski definition) is 3. The first-order chi connectivity index (χ1) is 10.6. The number of benzene rings is 2. The van der Waals surface area contributed by atoms with Crippen LogP contribution in [-0.4, -0.2) is 5.97 Å². The van der Waals surface area contributed by atoms with Gasteiger partial charge in [-0.05, 0) is 23.8 Å². The highest BCUT2D eigenvalue weighted by Gasteiger charge is 2.38. The Hall–Kier alpha value is -1.81. The van der Waals surface area contributed by atoms with E-state index in [2.05, 4.69) is 22.9 Å². The van der Waals surface area contributed by atoms with Crippen LogP contribution in [0.4, 0.5) is 0 Å². The highest BCUT2D eigenvalue weighted by Crippen LogP contribution is 2.47. The van der Waals surface area contributed by atoms with Gasteiger partial charge in [0.05, 0.1) is 0 Å². The predicted octanol–water partition coefficient (Wildman–Crippen LogP) is 4.82. The van der Waals surface area contributed by atoms with Crippen LogP contribution in [0.1, 0.15) is 37.2 Å². The fraction of sp³-hybridized carbons (Fsp3) is 0.278. The molecule has 3 unspecified atom stereocenters. The number of hydrogen-bond donors (Lipinski definition) is 0. The van der Waals surface area contributed by atoms with E-state index in [9.17, 15) is 4.79 Å². The Morgan fingerprint density at radius 1 is 1.18 bits per heavy atom. The van der Waals surface area contributed by atoms with Gasteiger partial charge in [0.15, 0.2) is 0 Å². The van der Waals surface area contributed by atoms with Gasteiger partial charge >= 0.3 is 5.97 Å². The van der Waals surface area contributed by atoms with Gasteiger partial charge in [-0.2, -0.15) is 0 Å². The van der Waals surface area contributed by atoms with Crippen LogP contribution in [0, 0.1) is 5.92 Å². The van der Waals surface area contributed by atoms with E-state index in [0.717, 1.165) is 21.3 Å². The Kier molecular flexibility index (Phi) is 4.21. The maximum absolute atomic E-state index is 11.5. The third-order valence-electron chi connectivity index (χ3n) is 3.91. The van der Waals surface area contributed by atoms with Gasteiger partial charge in [-0.1, -0.05) is 53.2 Å². The SMILES string of the molecule is CC(=O)OC1c2cc(Br)ccc2OC(c2ccccc2)C1C. The molecular weight excluding hydrogens is 344 g/mol. The molecule has 114 valence electrons. The Bertz CT molecular complexity index is 684. The number of rotatable bonds is 2. The molecule has 1 heterocycles. The number of carbonyl (C=O) groups excluding carboxylic acids is 1. The van der Waals surface area contributed by atoms with Crippen molar-refractivity contribution in [2.24, 2.45) is 5.92 Å². The molecular formula is C18H17BrO3. The summed E-state index contributed by atoms with van der Waals surface area (Å²) in [5, 5.41) is 0. The van der Waals surface area contributed by atoms with Gasteiger partial charge in [0.25, 0.3) is 0 Å². The van der Waals surface area contributed by atoms with Crippen LogP contribution in [0.25, 0.3) is 0 Å². The maximum Gasteiger partial charge on any atom is 0.303 e. The lowest BCUT2D eigenvalue weighted by atomic mass is 9.85. The number of ether oxygens (including phenoxy) is 2. The van der Waals surface area contributed by atoms with Gasteiger partial charge in [-0.3, -0.25) is 4.79 Å². The molecule has 1 aliphatic heterocycles. The molecule has 0 spiro atoms. The molecule has 3 atom stereocenters. The molecule has 0 amide bonds. The fourth-order valence-corrected chi connectivity index (χ4v) is 3.28. The van der Waals surface area contributed by atoms with Crippen molar-refractivity contribution in [3.05, 3.63) is 64.1 Å². The van der Waals surface area contributed by atoms with E-state index in [0.29, 0.717) is 0 Å². The molecule has 1 aliphatic rings. The minimum Gasteiger partial charge on any atom is -0.485 e. The minimum atomic E-state index is -0.316. The highest BCUT2D eigenvalue weighted by atomic mass is 79.9. The first kappa shape index (κ1) is 15.1. The summed E-state index contributed by atoms with van der Waals surface area (Å²) in [6, 6.07) is 15.8. The summed E-state index contributed by atoms with van der Waals surface area (Å²) < 4.78 is 12.7. The quantitative estimate of drug-likeness (QED) is 0.720. The number of halogens is 1. The van der Waals surface area contributed by atoms with Crippen molar-refractivity contribution in [3.63, 3.8) is 0 Å². The molecule has 0 saturated heterocycles. The lowest BCUT2D eigenvalue weighted by Crippen LogP contribution is -2.30. The number of carbonyl (C=O) groups is 1. The summed E-state index contributed by atoms with van der Waals surface area (Å²) in [5.74, 6) is 0.506. The van der Waals surface area contributed by atoms with Crippen LogP contribution in [0.5, 0.6) is 5.75 Å². The second-order valence-corrected chi connectivity index (χ2v) is 6.44. The molecule has 2 aromatic rings. The first-order valence-corrected chi connectivity index (χ1v) is 8.04. The van der Waals surface area contributed by atoms with E-state index in [1.165, 1.54) is 6.92 Å². The van der Waals surface area contributed by atoms with Gasteiger partial charge < -0.3 is 9.47 Å². The van der Waals surface area contributed by atoms with Crippen molar-refractivity contribution in [1.29, 1.82) is 0 Å². The lowest BCUT2D eigenvalue weighted by molar-refractivity contribution is -0.153. The molecule has 2 aromatic carbocycles. The average Bonchev–Trinajstić information content (AvgIpc) is 2.51. The van der Waals surface area contributed by atoms with E-state index >= 15 is 0 Å². The standard InChI is InChI=1S/C18H17BrO3/c1-11-17(13-6-4-3-5-7-13)22-16-9-8-14(19)10-15(16)18(11)21-12(2)20/h3-11,17-18H,1-2H3. The zero-order valence-corrected chi connectivity index (χ0v) is 14.0. The highest BCUT2D eigenvalue weighted by molar-refractivity contribution is 9.10.